The van der Waals surface area contributed by atoms with Gasteiger partial charge in [-0.1, -0.05) is 0 Å². The van der Waals surface area contributed by atoms with Gasteiger partial charge in [0.15, 0.2) is 0 Å². The van der Waals surface area contributed by atoms with Crippen molar-refractivity contribution in [3.05, 3.63) is 131 Å². The van der Waals surface area contributed by atoms with Crippen molar-refractivity contribution in [2.75, 3.05) is 6.16 Å². The van der Waals surface area contributed by atoms with Crippen LogP contribution >= 0.6 is 28.8 Å². The SMILES string of the molecule is N#CC(Cl)(CP(Cl)(c1ccccc1)(c1ccccc1)c1ccccc1)C(O)c1ccc([N+](=O)[O-])cc1. The number of aliphatic hydroxyl groups is 1. The minimum absolute atomic E-state index is 0.0889. The summed E-state index contributed by atoms with van der Waals surface area (Å²) >= 11 is 15.1. The summed E-state index contributed by atoms with van der Waals surface area (Å²) in [5.74, 6) is -3.98. The maximum atomic E-state index is 11.4. The van der Waals surface area contributed by atoms with Crippen molar-refractivity contribution in [2.24, 2.45) is 0 Å². The number of nitriles is 1. The molecule has 0 heterocycles. The first kappa shape index (κ1) is 25.8. The molecular weight excluding hydrogens is 514 g/mol. The molecule has 0 radical (unpaired) electrons. The van der Waals surface area contributed by atoms with E-state index in [2.05, 4.69) is 6.07 Å². The van der Waals surface area contributed by atoms with E-state index in [0.29, 0.717) is 0 Å². The zero-order valence-corrected chi connectivity index (χ0v) is 21.5. The zero-order valence-electron chi connectivity index (χ0n) is 19.1. The average Bonchev–Trinajstić information content (AvgIpc) is 2.94. The van der Waals surface area contributed by atoms with Crippen LogP contribution in [0, 0.1) is 21.4 Å². The standard InChI is InChI=1S/C28H23Cl2N2O3P/c29-28(20-31,27(33)22-16-18-23(19-17-22)32(34)35)21-36(30,24-10-4-1-5-11-24,25-12-6-2-7-13-25)26-14-8-3-9-15-26/h1-19,27,33H,21H2. The van der Waals surface area contributed by atoms with Crippen molar-refractivity contribution in [2.45, 2.75) is 11.0 Å². The normalized spacial score (nSPS) is 15.0. The first-order chi connectivity index (χ1) is 17.2. The predicted octanol–water partition coefficient (Wildman–Crippen LogP) is 5.81. The van der Waals surface area contributed by atoms with Gasteiger partial charge in [0.05, 0.1) is 0 Å². The molecule has 0 aliphatic carbocycles. The van der Waals surface area contributed by atoms with E-state index < -0.39 is 21.9 Å². The number of halogens is 2. The summed E-state index contributed by atoms with van der Waals surface area (Å²) in [6.45, 7) is 0. The molecule has 182 valence electrons. The van der Waals surface area contributed by atoms with Gasteiger partial charge in [-0.05, 0) is 0 Å². The molecular formula is C28H23Cl2N2O3P. The molecule has 4 rings (SSSR count). The van der Waals surface area contributed by atoms with Crippen molar-refractivity contribution in [1.82, 2.24) is 0 Å². The third-order valence-electron chi connectivity index (χ3n) is 6.45. The van der Waals surface area contributed by atoms with Gasteiger partial charge in [-0.2, -0.15) is 0 Å². The molecule has 2 unspecified atom stereocenters. The van der Waals surface area contributed by atoms with Crippen LogP contribution in [0.4, 0.5) is 5.69 Å². The summed E-state index contributed by atoms with van der Waals surface area (Å²) in [6.07, 6.45) is -1.56. The summed E-state index contributed by atoms with van der Waals surface area (Å²) in [6, 6.07) is 36.1. The Morgan fingerprint density at radius 3 is 1.56 bits per heavy atom. The molecule has 2 atom stereocenters. The molecule has 0 saturated heterocycles. The number of rotatable bonds is 8. The number of hydrogen-bond acceptors (Lipinski definition) is 4. The van der Waals surface area contributed by atoms with Crippen molar-refractivity contribution in [3.8, 4) is 6.07 Å². The Balaban J connectivity index is 1.97. The van der Waals surface area contributed by atoms with Crippen LogP contribution in [-0.2, 0) is 0 Å². The Morgan fingerprint density at radius 1 is 0.833 bits per heavy atom. The second kappa shape index (κ2) is 10.0. The van der Waals surface area contributed by atoms with E-state index in [0.717, 1.165) is 15.9 Å². The Labute approximate surface area is 219 Å². The monoisotopic (exact) mass is 536 g/mol. The van der Waals surface area contributed by atoms with Gasteiger partial charge >= 0.3 is 220 Å². The third-order valence-corrected chi connectivity index (χ3v) is 14.4. The van der Waals surface area contributed by atoms with E-state index in [4.69, 9.17) is 22.8 Å². The van der Waals surface area contributed by atoms with Gasteiger partial charge in [-0.25, -0.2) is 0 Å². The molecule has 5 nitrogen and oxygen atoms in total. The van der Waals surface area contributed by atoms with Crippen LogP contribution in [0.1, 0.15) is 11.7 Å². The number of non-ortho nitro benzene ring substituents is 1. The molecule has 0 spiro atoms. The van der Waals surface area contributed by atoms with Gasteiger partial charge in [0.2, 0.25) is 0 Å². The van der Waals surface area contributed by atoms with Gasteiger partial charge in [0, 0.05) is 0 Å². The van der Waals surface area contributed by atoms with E-state index >= 15 is 0 Å². The van der Waals surface area contributed by atoms with Gasteiger partial charge in [-0.3, -0.25) is 0 Å². The number of alkyl halides is 1. The average molecular weight is 537 g/mol. The molecule has 0 bridgehead atoms. The first-order valence-corrected chi connectivity index (χ1v) is 14.9. The number of nitrogens with zero attached hydrogens (tertiary/aromatic N) is 2. The van der Waals surface area contributed by atoms with E-state index in [-0.39, 0.29) is 17.4 Å². The van der Waals surface area contributed by atoms with E-state index in [1.165, 1.54) is 24.3 Å². The van der Waals surface area contributed by atoms with Crippen molar-refractivity contribution in [3.63, 3.8) is 0 Å². The van der Waals surface area contributed by atoms with Crippen LogP contribution in [0.15, 0.2) is 115 Å². The quantitative estimate of drug-likeness (QED) is 0.133. The van der Waals surface area contributed by atoms with E-state index in [9.17, 15) is 20.5 Å². The molecule has 1 N–H and O–H groups in total. The second-order valence-corrected chi connectivity index (χ2v) is 15.7. The Morgan fingerprint density at radius 2 is 1.22 bits per heavy atom. The minimum atomic E-state index is -3.98. The Kier molecular flexibility index (Phi) is 7.18. The molecule has 0 fully saturated rings. The number of nitro groups is 1. The molecule has 0 aliphatic heterocycles. The van der Waals surface area contributed by atoms with Crippen LogP contribution in [0.25, 0.3) is 0 Å². The first-order valence-electron chi connectivity index (χ1n) is 11.1. The fraction of sp³-hybridized carbons (Fsp3) is 0.107. The predicted molar refractivity (Wildman–Crippen MR) is 148 cm³/mol. The topological polar surface area (TPSA) is 87.2 Å². The molecule has 8 heteroatoms. The fourth-order valence-corrected chi connectivity index (χ4v) is 12.1. The van der Waals surface area contributed by atoms with Crippen LogP contribution in [0.5, 0.6) is 0 Å². The molecule has 4 aromatic rings. The second-order valence-electron chi connectivity index (χ2n) is 8.57. The van der Waals surface area contributed by atoms with Crippen LogP contribution in [0.2, 0.25) is 0 Å². The Hall–Kier alpha value is -3.26. The number of nitro benzene ring substituents is 1. The molecule has 4 aromatic carbocycles. The molecule has 0 amide bonds. The molecule has 36 heavy (non-hydrogen) atoms. The molecule has 0 aromatic heterocycles. The number of benzene rings is 4. The number of aliphatic hydroxyl groups excluding tert-OH is 1. The van der Waals surface area contributed by atoms with Gasteiger partial charge < -0.3 is 0 Å². The van der Waals surface area contributed by atoms with E-state index in [1.54, 1.807) is 0 Å². The van der Waals surface area contributed by atoms with Crippen LogP contribution in [0.3, 0.4) is 0 Å². The zero-order chi connectivity index (χ0) is 25.8. The Bertz CT molecular complexity index is 1300. The van der Waals surface area contributed by atoms with Gasteiger partial charge in [0.25, 0.3) is 0 Å². The van der Waals surface area contributed by atoms with Gasteiger partial charge in [0.1, 0.15) is 0 Å². The third kappa shape index (κ3) is 4.39. The van der Waals surface area contributed by atoms with Crippen LogP contribution in [-0.4, -0.2) is 21.1 Å². The van der Waals surface area contributed by atoms with E-state index in [1.807, 2.05) is 91.0 Å². The summed E-state index contributed by atoms with van der Waals surface area (Å²) < 4.78 is 0. The van der Waals surface area contributed by atoms with Crippen molar-refractivity contribution in [1.29, 1.82) is 5.26 Å². The summed E-state index contributed by atoms with van der Waals surface area (Å²) in [5, 5.41) is 35.3. The van der Waals surface area contributed by atoms with Crippen molar-refractivity contribution >= 4 is 50.4 Å². The van der Waals surface area contributed by atoms with Crippen molar-refractivity contribution < 1.29 is 10.0 Å². The van der Waals surface area contributed by atoms with Crippen LogP contribution < -0.4 is 15.9 Å². The summed E-state index contributed by atoms with van der Waals surface area (Å²) in [7, 11) is 0. The number of hydrogen-bond donors (Lipinski definition) is 1. The fourth-order valence-electron chi connectivity index (χ4n) is 4.60. The summed E-state index contributed by atoms with van der Waals surface area (Å²) in [4.78, 5) is 8.70. The maximum absolute atomic E-state index is 11.4. The summed E-state index contributed by atoms with van der Waals surface area (Å²) in [5.41, 5.74) is 0.158. The molecule has 0 aliphatic rings. The molecule has 0 saturated carbocycles. The van der Waals surface area contributed by atoms with Gasteiger partial charge in [-0.15, -0.1) is 0 Å².